The maximum atomic E-state index is 12.8. The molecule has 5 rings (SSSR count). The van der Waals surface area contributed by atoms with Crippen LogP contribution in [0, 0.1) is 6.92 Å². The molecular formula is C24H28N4O3S. The number of anilines is 2. The molecule has 2 aromatic carbocycles. The number of rotatable bonds is 5. The fraction of sp³-hybridized carbons (Fsp3) is 0.375. The van der Waals surface area contributed by atoms with E-state index in [-0.39, 0.29) is 5.54 Å². The topological polar surface area (TPSA) is 89.7 Å². The quantitative estimate of drug-likeness (QED) is 0.615. The zero-order valence-electron chi connectivity index (χ0n) is 18.4. The van der Waals surface area contributed by atoms with Gasteiger partial charge in [-0.1, -0.05) is 11.6 Å². The summed E-state index contributed by atoms with van der Waals surface area (Å²) >= 11 is 0. The maximum absolute atomic E-state index is 12.8. The Labute approximate surface area is 190 Å². The van der Waals surface area contributed by atoms with Crippen LogP contribution in [0.3, 0.4) is 0 Å². The van der Waals surface area contributed by atoms with Crippen molar-refractivity contribution < 1.29 is 13.7 Å². The van der Waals surface area contributed by atoms with Crippen LogP contribution in [-0.2, 0) is 22.1 Å². The summed E-state index contributed by atoms with van der Waals surface area (Å²) < 4.78 is 23.5. The summed E-state index contributed by atoms with van der Waals surface area (Å²) in [6.07, 6.45) is 0. The molecule has 0 spiro atoms. The molecule has 0 aliphatic carbocycles. The number of nitrogens with two attached hydrogens (primary N) is 1. The molecular weight excluding hydrogens is 424 g/mol. The van der Waals surface area contributed by atoms with Crippen LogP contribution in [0.1, 0.15) is 11.1 Å². The van der Waals surface area contributed by atoms with E-state index in [0.29, 0.717) is 38.6 Å². The lowest BCUT2D eigenvalue weighted by atomic mass is 9.99. The number of fused-ring (bicyclic) bond motifs is 2. The van der Waals surface area contributed by atoms with Crippen molar-refractivity contribution in [2.75, 3.05) is 49.4 Å². The molecule has 0 bridgehead atoms. The van der Waals surface area contributed by atoms with E-state index in [1.54, 1.807) is 7.11 Å². The first-order valence-corrected chi connectivity index (χ1v) is 12.1. The van der Waals surface area contributed by atoms with Gasteiger partial charge in [0.15, 0.2) is 0 Å². The number of hydrogen-bond acceptors (Lipinski definition) is 7. The maximum Gasteiger partial charge on any atom is 0.131 e. The van der Waals surface area contributed by atoms with Crippen LogP contribution in [0.5, 0.6) is 5.75 Å². The van der Waals surface area contributed by atoms with Crippen molar-refractivity contribution >= 4 is 33.2 Å². The second-order valence-corrected chi connectivity index (χ2v) is 10.2. The number of aryl methyl sites for hydroxylation is 1. The molecule has 3 aromatic rings. The van der Waals surface area contributed by atoms with Gasteiger partial charge in [-0.3, -0.25) is 4.21 Å². The first kappa shape index (κ1) is 21.2. The lowest BCUT2D eigenvalue weighted by Gasteiger charge is -2.38. The molecule has 1 saturated heterocycles. The standard InChI is InChI=1S/C24H28N4O3S/c1-16-3-5-20-19(9-16)21(26-13-24(25)14-31-15-24)11-23(27-20)28-7-8-32(29)22-6-4-18(30-2)10-17(22)12-28/h3-6,9-11H,7-8,12-15,25H2,1-2H3,(H,26,27). The summed E-state index contributed by atoms with van der Waals surface area (Å²) in [7, 11) is 0.595. The Morgan fingerprint density at radius 3 is 2.84 bits per heavy atom. The summed E-state index contributed by atoms with van der Waals surface area (Å²) in [6, 6.07) is 14.1. The normalized spacial score (nSPS) is 19.7. The third-order valence-corrected chi connectivity index (χ3v) is 7.55. The summed E-state index contributed by atoms with van der Waals surface area (Å²) in [5.74, 6) is 2.18. The summed E-state index contributed by atoms with van der Waals surface area (Å²) in [6.45, 7) is 5.11. The van der Waals surface area contributed by atoms with Gasteiger partial charge in [0.2, 0.25) is 0 Å². The summed E-state index contributed by atoms with van der Waals surface area (Å²) in [4.78, 5) is 8.03. The minimum Gasteiger partial charge on any atom is -0.497 e. The van der Waals surface area contributed by atoms with Gasteiger partial charge in [-0.25, -0.2) is 4.98 Å². The van der Waals surface area contributed by atoms with E-state index in [2.05, 4.69) is 41.4 Å². The molecule has 0 amide bonds. The second kappa shape index (κ2) is 8.35. The minimum atomic E-state index is -1.05. The van der Waals surface area contributed by atoms with Crippen molar-refractivity contribution in [1.29, 1.82) is 0 Å². The van der Waals surface area contributed by atoms with E-state index in [0.717, 1.165) is 38.6 Å². The number of ether oxygens (including phenoxy) is 2. The molecule has 1 aromatic heterocycles. The first-order valence-electron chi connectivity index (χ1n) is 10.8. The predicted octanol–water partition coefficient (Wildman–Crippen LogP) is 2.82. The van der Waals surface area contributed by atoms with Crippen molar-refractivity contribution in [3.63, 3.8) is 0 Å². The van der Waals surface area contributed by atoms with E-state index < -0.39 is 10.8 Å². The second-order valence-electron chi connectivity index (χ2n) is 8.70. The minimum absolute atomic E-state index is 0.339. The molecule has 0 saturated carbocycles. The molecule has 8 heteroatoms. The zero-order valence-corrected chi connectivity index (χ0v) is 19.2. The fourth-order valence-electron chi connectivity index (χ4n) is 4.18. The molecule has 168 valence electrons. The summed E-state index contributed by atoms with van der Waals surface area (Å²) in [5, 5.41) is 4.61. The van der Waals surface area contributed by atoms with Crippen molar-refractivity contribution in [3.05, 3.63) is 53.6 Å². The Hall–Kier alpha value is -2.68. The number of nitrogens with zero attached hydrogens (tertiary/aromatic N) is 2. The van der Waals surface area contributed by atoms with Crippen molar-refractivity contribution in [3.8, 4) is 5.75 Å². The number of pyridine rings is 1. The van der Waals surface area contributed by atoms with Gasteiger partial charge in [0.1, 0.15) is 11.6 Å². The van der Waals surface area contributed by atoms with Crippen LogP contribution in [-0.4, -0.2) is 53.9 Å². The average Bonchev–Trinajstić information content (AvgIpc) is 2.94. The van der Waals surface area contributed by atoms with Crippen molar-refractivity contribution in [2.45, 2.75) is 23.9 Å². The molecule has 32 heavy (non-hydrogen) atoms. The van der Waals surface area contributed by atoms with Gasteiger partial charge in [-0.2, -0.15) is 0 Å². The highest BCUT2D eigenvalue weighted by Crippen LogP contribution is 2.32. The molecule has 3 N–H and O–H groups in total. The number of methoxy groups -OCH3 is 1. The molecule has 0 radical (unpaired) electrons. The van der Waals surface area contributed by atoms with Crippen LogP contribution in [0.25, 0.3) is 10.9 Å². The van der Waals surface area contributed by atoms with Gasteiger partial charge >= 0.3 is 0 Å². The van der Waals surface area contributed by atoms with Crippen LogP contribution >= 0.6 is 0 Å². The SMILES string of the molecule is COc1ccc2c(c1)CN(c1cc(NCC3(N)COC3)c3cc(C)ccc3n1)CCS2=O. The van der Waals surface area contributed by atoms with Crippen LogP contribution in [0.15, 0.2) is 47.4 Å². The van der Waals surface area contributed by atoms with E-state index in [1.165, 1.54) is 5.56 Å². The lowest BCUT2D eigenvalue weighted by molar-refractivity contribution is -0.0461. The van der Waals surface area contributed by atoms with E-state index in [1.807, 2.05) is 18.2 Å². The van der Waals surface area contributed by atoms with Crippen molar-refractivity contribution in [1.82, 2.24) is 4.98 Å². The van der Waals surface area contributed by atoms with E-state index in [4.69, 9.17) is 20.2 Å². The Bertz CT molecular complexity index is 1200. The summed E-state index contributed by atoms with van der Waals surface area (Å²) in [5.41, 5.74) is 10.1. The number of hydrogen-bond donors (Lipinski definition) is 2. The first-order chi connectivity index (χ1) is 15.4. The number of nitrogens with one attached hydrogen (secondary N) is 1. The number of benzene rings is 2. The van der Waals surface area contributed by atoms with Gasteiger partial charge in [0, 0.05) is 47.4 Å². The van der Waals surface area contributed by atoms with E-state index >= 15 is 0 Å². The van der Waals surface area contributed by atoms with Gasteiger partial charge in [0.05, 0.1) is 42.2 Å². The Morgan fingerprint density at radius 2 is 2.09 bits per heavy atom. The third-order valence-electron chi connectivity index (χ3n) is 6.11. The molecule has 7 nitrogen and oxygen atoms in total. The highest BCUT2D eigenvalue weighted by molar-refractivity contribution is 7.85. The molecule has 1 atom stereocenters. The lowest BCUT2D eigenvalue weighted by Crippen LogP contribution is -2.61. The van der Waals surface area contributed by atoms with Crippen molar-refractivity contribution in [2.24, 2.45) is 5.73 Å². The van der Waals surface area contributed by atoms with Crippen LogP contribution in [0.2, 0.25) is 0 Å². The van der Waals surface area contributed by atoms with Gasteiger partial charge in [-0.05, 0) is 42.8 Å². The zero-order chi connectivity index (χ0) is 22.3. The molecule has 2 aliphatic rings. The monoisotopic (exact) mass is 452 g/mol. The van der Waals surface area contributed by atoms with Crippen LogP contribution in [0.4, 0.5) is 11.5 Å². The third kappa shape index (κ3) is 4.05. The predicted molar refractivity (Wildman–Crippen MR) is 128 cm³/mol. The van der Waals surface area contributed by atoms with Gasteiger partial charge in [0.25, 0.3) is 0 Å². The van der Waals surface area contributed by atoms with E-state index in [9.17, 15) is 4.21 Å². The fourth-order valence-corrected chi connectivity index (χ4v) is 5.43. The Balaban J connectivity index is 1.52. The van der Waals surface area contributed by atoms with Gasteiger partial charge in [-0.15, -0.1) is 0 Å². The molecule has 2 aliphatic heterocycles. The smallest absolute Gasteiger partial charge is 0.131 e. The molecule has 1 fully saturated rings. The molecule has 3 heterocycles. The van der Waals surface area contributed by atoms with Crippen LogP contribution < -0.4 is 20.7 Å². The highest BCUT2D eigenvalue weighted by Gasteiger charge is 2.34. The molecule has 1 unspecified atom stereocenters. The largest absolute Gasteiger partial charge is 0.497 e. The Morgan fingerprint density at radius 1 is 1.25 bits per heavy atom. The average molecular weight is 453 g/mol. The highest BCUT2D eigenvalue weighted by atomic mass is 32.2. The van der Waals surface area contributed by atoms with Gasteiger partial charge < -0.3 is 25.4 Å². The number of aromatic nitrogens is 1. The Kier molecular flexibility index (Phi) is 5.53.